The summed E-state index contributed by atoms with van der Waals surface area (Å²) in [5.74, 6) is -1.33. The first-order chi connectivity index (χ1) is 8.51. The van der Waals surface area contributed by atoms with Gasteiger partial charge in [0.05, 0.1) is 18.6 Å². The largest absolute Gasteiger partial charge is 0.506 e. The molecule has 1 N–H and O–H groups in total. The molecule has 0 amide bonds. The highest BCUT2D eigenvalue weighted by Gasteiger charge is 2.21. The van der Waals surface area contributed by atoms with Gasteiger partial charge in [0, 0.05) is 11.1 Å². The Bertz CT molecular complexity index is 495. The van der Waals surface area contributed by atoms with Crippen molar-refractivity contribution in [3.63, 3.8) is 0 Å². The summed E-state index contributed by atoms with van der Waals surface area (Å²) in [6, 6.07) is 3.77. The SMILES string of the molecule is CCOC(=O)Cc1c(C(F)F)ccc(C#N)c1O. The Kier molecular flexibility index (Phi) is 4.60. The molecule has 1 aromatic carbocycles. The number of phenolic OH excluding ortho intramolecular Hbond substituents is 1. The van der Waals surface area contributed by atoms with Gasteiger partial charge in [-0.15, -0.1) is 0 Å². The number of carbonyl (C=O) groups is 1. The molecule has 0 bridgehead atoms. The highest BCUT2D eigenvalue weighted by molar-refractivity contribution is 5.75. The lowest BCUT2D eigenvalue weighted by atomic mass is 10.00. The number of aromatic hydroxyl groups is 1. The summed E-state index contributed by atoms with van der Waals surface area (Å²) in [5, 5.41) is 18.4. The van der Waals surface area contributed by atoms with Crippen LogP contribution in [0.3, 0.4) is 0 Å². The molecule has 1 rings (SSSR count). The van der Waals surface area contributed by atoms with E-state index in [1.807, 2.05) is 0 Å². The molecule has 0 radical (unpaired) electrons. The summed E-state index contributed by atoms with van der Waals surface area (Å²) in [6.07, 6.45) is -3.33. The molecule has 1 aromatic rings. The molecule has 0 atom stereocenters. The molecule has 6 heteroatoms. The maximum absolute atomic E-state index is 12.7. The predicted octanol–water partition coefficient (Wildman–Crippen LogP) is 2.31. The van der Waals surface area contributed by atoms with Crippen molar-refractivity contribution in [2.75, 3.05) is 6.61 Å². The van der Waals surface area contributed by atoms with E-state index in [1.165, 1.54) is 0 Å². The predicted molar refractivity (Wildman–Crippen MR) is 58.1 cm³/mol. The Balaban J connectivity index is 3.20. The van der Waals surface area contributed by atoms with Crippen LogP contribution in [0, 0.1) is 11.3 Å². The molecule has 4 nitrogen and oxygen atoms in total. The fraction of sp³-hybridized carbons (Fsp3) is 0.333. The Morgan fingerprint density at radius 3 is 2.72 bits per heavy atom. The molecule has 0 saturated carbocycles. The molecule has 0 spiro atoms. The zero-order valence-electron chi connectivity index (χ0n) is 9.61. The Morgan fingerprint density at radius 2 is 2.22 bits per heavy atom. The minimum atomic E-state index is -2.84. The van der Waals surface area contributed by atoms with E-state index in [9.17, 15) is 18.7 Å². The first-order valence-corrected chi connectivity index (χ1v) is 5.19. The third-order valence-electron chi connectivity index (χ3n) is 2.30. The van der Waals surface area contributed by atoms with Crippen molar-refractivity contribution < 1.29 is 23.4 Å². The number of hydrogen-bond acceptors (Lipinski definition) is 4. The van der Waals surface area contributed by atoms with Crippen molar-refractivity contribution >= 4 is 5.97 Å². The highest BCUT2D eigenvalue weighted by Crippen LogP contribution is 2.32. The number of alkyl halides is 2. The number of nitrogens with zero attached hydrogens (tertiary/aromatic N) is 1. The maximum atomic E-state index is 12.7. The van der Waals surface area contributed by atoms with E-state index in [4.69, 9.17) is 5.26 Å². The average molecular weight is 255 g/mol. The summed E-state index contributed by atoms with van der Waals surface area (Å²) in [7, 11) is 0. The maximum Gasteiger partial charge on any atom is 0.310 e. The number of phenols is 1. The minimum Gasteiger partial charge on any atom is -0.506 e. The van der Waals surface area contributed by atoms with Crippen molar-refractivity contribution in [2.45, 2.75) is 19.8 Å². The number of nitriles is 1. The molecule has 0 heterocycles. The van der Waals surface area contributed by atoms with Crippen LogP contribution in [0.15, 0.2) is 12.1 Å². The summed E-state index contributed by atoms with van der Waals surface area (Å²) in [5.41, 5.74) is -0.888. The average Bonchev–Trinajstić information content (AvgIpc) is 2.31. The molecular formula is C12H11F2NO3. The lowest BCUT2D eigenvalue weighted by molar-refractivity contribution is -0.142. The van der Waals surface area contributed by atoms with Gasteiger partial charge in [-0.1, -0.05) is 6.07 Å². The highest BCUT2D eigenvalue weighted by atomic mass is 19.3. The normalized spacial score (nSPS) is 10.2. The van der Waals surface area contributed by atoms with Crippen LogP contribution in [-0.4, -0.2) is 17.7 Å². The number of rotatable bonds is 4. The van der Waals surface area contributed by atoms with Gasteiger partial charge < -0.3 is 9.84 Å². The van der Waals surface area contributed by atoms with Gasteiger partial charge in [-0.3, -0.25) is 4.79 Å². The van der Waals surface area contributed by atoms with Crippen molar-refractivity contribution in [2.24, 2.45) is 0 Å². The second-order valence-corrected chi connectivity index (χ2v) is 3.42. The zero-order valence-corrected chi connectivity index (χ0v) is 9.61. The molecule has 0 aromatic heterocycles. The van der Waals surface area contributed by atoms with E-state index >= 15 is 0 Å². The van der Waals surface area contributed by atoms with Gasteiger partial charge >= 0.3 is 5.97 Å². The number of carbonyl (C=O) groups excluding carboxylic acids is 1. The third kappa shape index (κ3) is 2.94. The fourth-order valence-corrected chi connectivity index (χ4v) is 1.49. The van der Waals surface area contributed by atoms with Crippen LogP contribution >= 0.6 is 0 Å². The second kappa shape index (κ2) is 5.96. The standard InChI is InChI=1S/C12H11F2NO3/c1-2-18-10(16)5-9-8(12(13)14)4-3-7(6-15)11(9)17/h3-4,12,17H,2,5H2,1H3. The zero-order chi connectivity index (χ0) is 13.7. The first kappa shape index (κ1) is 13.9. The lowest BCUT2D eigenvalue weighted by Crippen LogP contribution is -2.10. The van der Waals surface area contributed by atoms with Gasteiger partial charge in [0.15, 0.2) is 0 Å². The number of ether oxygens (including phenoxy) is 1. The van der Waals surface area contributed by atoms with Gasteiger partial charge in [0.1, 0.15) is 11.8 Å². The molecule has 96 valence electrons. The van der Waals surface area contributed by atoms with Crippen LogP contribution in [0.1, 0.15) is 30.0 Å². The van der Waals surface area contributed by atoms with Crippen molar-refractivity contribution in [1.82, 2.24) is 0 Å². The molecule has 0 aliphatic carbocycles. The number of esters is 1. The Morgan fingerprint density at radius 1 is 1.56 bits per heavy atom. The van der Waals surface area contributed by atoms with Gasteiger partial charge in [0.2, 0.25) is 0 Å². The van der Waals surface area contributed by atoms with Crippen LogP contribution in [-0.2, 0) is 16.0 Å². The van der Waals surface area contributed by atoms with Crippen LogP contribution < -0.4 is 0 Å². The molecule has 0 saturated heterocycles. The van der Waals surface area contributed by atoms with Gasteiger partial charge in [-0.05, 0) is 13.0 Å². The molecule has 0 unspecified atom stereocenters. The van der Waals surface area contributed by atoms with Crippen LogP contribution in [0.5, 0.6) is 5.75 Å². The Hall–Kier alpha value is -2.16. The molecular weight excluding hydrogens is 244 g/mol. The van der Waals surface area contributed by atoms with Crippen molar-refractivity contribution in [1.29, 1.82) is 5.26 Å². The number of halogens is 2. The minimum absolute atomic E-state index is 0.113. The van der Waals surface area contributed by atoms with Crippen molar-refractivity contribution in [3.05, 3.63) is 28.8 Å². The number of benzene rings is 1. The fourth-order valence-electron chi connectivity index (χ4n) is 1.49. The molecule has 0 aliphatic heterocycles. The van der Waals surface area contributed by atoms with Gasteiger partial charge in [-0.25, -0.2) is 8.78 Å². The number of hydrogen-bond donors (Lipinski definition) is 1. The quantitative estimate of drug-likeness (QED) is 0.838. The first-order valence-electron chi connectivity index (χ1n) is 5.19. The van der Waals surface area contributed by atoms with E-state index in [-0.39, 0.29) is 17.7 Å². The lowest BCUT2D eigenvalue weighted by Gasteiger charge is -2.11. The smallest absolute Gasteiger partial charge is 0.310 e. The Labute approximate surface area is 102 Å². The third-order valence-corrected chi connectivity index (χ3v) is 2.30. The van der Waals surface area contributed by atoms with Crippen LogP contribution in [0.2, 0.25) is 0 Å². The summed E-state index contributed by atoms with van der Waals surface area (Å²) < 4.78 is 30.1. The monoisotopic (exact) mass is 255 g/mol. The van der Waals surface area contributed by atoms with E-state index in [2.05, 4.69) is 4.74 Å². The van der Waals surface area contributed by atoms with E-state index in [0.717, 1.165) is 12.1 Å². The van der Waals surface area contributed by atoms with Crippen LogP contribution in [0.25, 0.3) is 0 Å². The van der Waals surface area contributed by atoms with Crippen LogP contribution in [0.4, 0.5) is 8.78 Å². The second-order valence-electron chi connectivity index (χ2n) is 3.42. The van der Waals surface area contributed by atoms with E-state index < -0.39 is 30.1 Å². The summed E-state index contributed by atoms with van der Waals surface area (Å²) in [6.45, 7) is 1.69. The van der Waals surface area contributed by atoms with E-state index in [1.54, 1.807) is 13.0 Å². The van der Waals surface area contributed by atoms with E-state index in [0.29, 0.717) is 0 Å². The topological polar surface area (TPSA) is 70.3 Å². The molecule has 0 fully saturated rings. The molecule has 0 aliphatic rings. The van der Waals surface area contributed by atoms with Gasteiger partial charge in [-0.2, -0.15) is 5.26 Å². The summed E-state index contributed by atoms with van der Waals surface area (Å²) in [4.78, 5) is 11.3. The molecule has 18 heavy (non-hydrogen) atoms. The van der Waals surface area contributed by atoms with Crippen molar-refractivity contribution in [3.8, 4) is 11.8 Å². The summed E-state index contributed by atoms with van der Waals surface area (Å²) >= 11 is 0. The van der Waals surface area contributed by atoms with Gasteiger partial charge in [0.25, 0.3) is 6.43 Å².